The second-order valence-corrected chi connectivity index (χ2v) is 6.49. The number of carbonyl (C=O) groups excluding carboxylic acids is 1. The third-order valence-electron chi connectivity index (χ3n) is 3.99. The molecule has 2 aromatic carbocycles. The largest absolute Gasteiger partial charge is 0.481 e. The van der Waals surface area contributed by atoms with Gasteiger partial charge in [-0.25, -0.2) is 4.39 Å². The fourth-order valence-electron chi connectivity index (χ4n) is 2.62. The Morgan fingerprint density at radius 1 is 1.18 bits per heavy atom. The minimum Gasteiger partial charge on any atom is -0.481 e. The number of hydrogen-bond donors (Lipinski definition) is 1. The molecule has 3 aromatic rings. The van der Waals surface area contributed by atoms with Crippen LogP contribution in [0.15, 0.2) is 60.8 Å². The first-order chi connectivity index (χ1) is 13.4. The summed E-state index contributed by atoms with van der Waals surface area (Å²) in [5.74, 6) is -1.62. The average molecular weight is 399 g/mol. The van der Waals surface area contributed by atoms with Gasteiger partial charge >= 0.3 is 5.97 Å². The lowest BCUT2D eigenvalue weighted by Crippen LogP contribution is -2.04. The van der Waals surface area contributed by atoms with Crippen molar-refractivity contribution in [2.24, 2.45) is 0 Å². The molecule has 7 heteroatoms. The zero-order chi connectivity index (χ0) is 20.1. The maximum atomic E-state index is 13.0. The topological polar surface area (TPSA) is 72.2 Å². The summed E-state index contributed by atoms with van der Waals surface area (Å²) >= 11 is 6.06. The molecule has 0 bridgehead atoms. The predicted octanol–water partition coefficient (Wildman–Crippen LogP) is 4.71. The van der Waals surface area contributed by atoms with E-state index in [2.05, 4.69) is 5.10 Å². The number of benzene rings is 2. The number of nitrogens with zero attached hydrogens (tertiary/aromatic N) is 2. The fraction of sp³-hybridized carbons (Fsp3) is 0.0952. The third-order valence-corrected chi connectivity index (χ3v) is 4.22. The molecule has 0 fully saturated rings. The highest BCUT2D eigenvalue weighted by atomic mass is 35.5. The first kappa shape index (κ1) is 19.5. The van der Waals surface area contributed by atoms with Gasteiger partial charge in [-0.1, -0.05) is 23.7 Å². The van der Waals surface area contributed by atoms with Crippen molar-refractivity contribution in [3.8, 4) is 11.3 Å². The predicted molar refractivity (Wildman–Crippen MR) is 105 cm³/mol. The van der Waals surface area contributed by atoms with E-state index in [0.717, 1.165) is 5.56 Å². The van der Waals surface area contributed by atoms with Gasteiger partial charge in [-0.15, -0.1) is 0 Å². The Kier molecular flexibility index (Phi) is 6.01. The van der Waals surface area contributed by atoms with Crippen molar-refractivity contribution in [2.75, 3.05) is 0 Å². The molecule has 1 N–H and O–H groups in total. The molecule has 3 rings (SSSR count). The van der Waals surface area contributed by atoms with Crippen molar-refractivity contribution in [3.63, 3.8) is 0 Å². The van der Waals surface area contributed by atoms with Gasteiger partial charge in [0.2, 0.25) is 0 Å². The van der Waals surface area contributed by atoms with E-state index in [9.17, 15) is 14.0 Å². The number of carboxylic acid groups (broad SMARTS) is 1. The Labute approximate surface area is 165 Å². The summed E-state index contributed by atoms with van der Waals surface area (Å²) in [7, 11) is 0. The summed E-state index contributed by atoms with van der Waals surface area (Å²) in [6.07, 6.45) is 4.58. The van der Waals surface area contributed by atoms with E-state index in [4.69, 9.17) is 16.7 Å². The van der Waals surface area contributed by atoms with Crippen LogP contribution in [0.2, 0.25) is 5.02 Å². The molecule has 0 unspecified atom stereocenters. The van der Waals surface area contributed by atoms with Crippen LogP contribution in [0.4, 0.5) is 4.39 Å². The minimum absolute atomic E-state index is 0.0751. The molecule has 142 valence electrons. The lowest BCUT2D eigenvalue weighted by molar-refractivity contribution is -0.137. The zero-order valence-corrected chi connectivity index (χ0v) is 15.4. The van der Waals surface area contributed by atoms with Gasteiger partial charge in [0, 0.05) is 27.9 Å². The molecular formula is C21H16ClFN2O3. The molecular weight excluding hydrogens is 383 g/mol. The van der Waals surface area contributed by atoms with Crippen molar-refractivity contribution in [2.45, 2.75) is 13.0 Å². The van der Waals surface area contributed by atoms with E-state index in [1.807, 2.05) is 6.07 Å². The van der Waals surface area contributed by atoms with Gasteiger partial charge in [0.25, 0.3) is 0 Å². The van der Waals surface area contributed by atoms with Gasteiger partial charge in [-0.2, -0.15) is 5.10 Å². The summed E-state index contributed by atoms with van der Waals surface area (Å²) in [4.78, 5) is 23.1. The Hall–Kier alpha value is -3.25. The van der Waals surface area contributed by atoms with E-state index < -0.39 is 11.8 Å². The smallest absolute Gasteiger partial charge is 0.305 e. The number of carboxylic acids is 1. The first-order valence-corrected chi connectivity index (χ1v) is 8.83. The Morgan fingerprint density at radius 2 is 1.93 bits per heavy atom. The van der Waals surface area contributed by atoms with Gasteiger partial charge in [-0.05, 0) is 48.6 Å². The molecule has 5 nitrogen and oxygen atoms in total. The van der Waals surface area contributed by atoms with E-state index in [0.29, 0.717) is 21.8 Å². The number of carbonyl (C=O) groups is 2. The highest BCUT2D eigenvalue weighted by molar-refractivity contribution is 6.30. The van der Waals surface area contributed by atoms with Gasteiger partial charge in [0.05, 0.1) is 18.7 Å². The Bertz CT molecular complexity index is 1040. The Balaban J connectivity index is 1.92. The lowest BCUT2D eigenvalue weighted by atomic mass is 10.1. The number of ketones is 1. The van der Waals surface area contributed by atoms with Crippen LogP contribution in [-0.2, 0) is 11.3 Å². The zero-order valence-electron chi connectivity index (χ0n) is 14.7. The highest BCUT2D eigenvalue weighted by Gasteiger charge is 2.11. The van der Waals surface area contributed by atoms with Gasteiger partial charge < -0.3 is 5.11 Å². The van der Waals surface area contributed by atoms with Gasteiger partial charge in [-0.3, -0.25) is 14.3 Å². The molecule has 0 aliphatic rings. The number of allylic oxidation sites excluding steroid dienone is 1. The van der Waals surface area contributed by atoms with E-state index in [-0.39, 0.29) is 18.7 Å². The summed E-state index contributed by atoms with van der Waals surface area (Å²) in [6.45, 7) is 0.197. The van der Waals surface area contributed by atoms with E-state index in [1.165, 1.54) is 35.0 Å². The molecule has 0 saturated carbocycles. The quantitative estimate of drug-likeness (QED) is 0.462. The van der Waals surface area contributed by atoms with Crippen LogP contribution in [0.1, 0.15) is 22.3 Å². The standard InChI is InChI=1S/C21H16ClFN2O3/c22-17-3-1-2-15(12-17)21-16(13-25(24-21)11-10-20(27)28)6-9-19(26)14-4-7-18(23)8-5-14/h1-9,12-13H,10-11H2,(H,27,28)/b9-6+. The molecule has 0 aliphatic carbocycles. The third kappa shape index (κ3) is 4.92. The van der Waals surface area contributed by atoms with Crippen molar-refractivity contribution >= 4 is 29.4 Å². The average Bonchev–Trinajstić information content (AvgIpc) is 3.08. The number of halogens is 2. The van der Waals surface area contributed by atoms with Crippen LogP contribution < -0.4 is 0 Å². The molecule has 0 radical (unpaired) electrons. The van der Waals surface area contributed by atoms with Crippen molar-refractivity contribution in [1.82, 2.24) is 9.78 Å². The van der Waals surface area contributed by atoms with Crippen molar-refractivity contribution in [1.29, 1.82) is 0 Å². The van der Waals surface area contributed by atoms with E-state index >= 15 is 0 Å². The van der Waals surface area contributed by atoms with Gasteiger partial charge in [0.15, 0.2) is 5.78 Å². The normalized spacial score (nSPS) is 11.1. The number of hydrogen-bond acceptors (Lipinski definition) is 3. The summed E-state index contributed by atoms with van der Waals surface area (Å²) in [6, 6.07) is 12.4. The van der Waals surface area contributed by atoms with Crippen LogP contribution in [0.3, 0.4) is 0 Å². The second kappa shape index (κ2) is 8.63. The van der Waals surface area contributed by atoms with Crippen molar-refractivity contribution < 1.29 is 19.1 Å². The number of aliphatic carboxylic acids is 1. The molecule has 28 heavy (non-hydrogen) atoms. The van der Waals surface area contributed by atoms with Crippen LogP contribution in [-0.4, -0.2) is 26.6 Å². The number of aryl methyl sites for hydroxylation is 1. The number of aromatic nitrogens is 2. The molecule has 0 spiro atoms. The van der Waals surface area contributed by atoms with Crippen LogP contribution in [0.5, 0.6) is 0 Å². The number of rotatable bonds is 7. The maximum Gasteiger partial charge on any atom is 0.305 e. The molecule has 0 atom stereocenters. The Morgan fingerprint density at radius 3 is 2.61 bits per heavy atom. The van der Waals surface area contributed by atoms with Gasteiger partial charge in [0.1, 0.15) is 5.82 Å². The van der Waals surface area contributed by atoms with Crippen molar-refractivity contribution in [3.05, 3.63) is 82.8 Å². The lowest BCUT2D eigenvalue weighted by Gasteiger charge is -2.00. The monoisotopic (exact) mass is 398 g/mol. The molecule has 0 amide bonds. The fourth-order valence-corrected chi connectivity index (χ4v) is 2.81. The molecule has 0 saturated heterocycles. The molecule has 1 aromatic heterocycles. The summed E-state index contributed by atoms with van der Waals surface area (Å²) in [5, 5.41) is 13.9. The summed E-state index contributed by atoms with van der Waals surface area (Å²) in [5.41, 5.74) is 2.33. The van der Waals surface area contributed by atoms with Crippen LogP contribution in [0, 0.1) is 5.82 Å². The first-order valence-electron chi connectivity index (χ1n) is 8.45. The molecule has 1 heterocycles. The van der Waals surface area contributed by atoms with E-state index in [1.54, 1.807) is 30.5 Å². The molecule has 0 aliphatic heterocycles. The van der Waals surface area contributed by atoms with Crippen LogP contribution in [0.25, 0.3) is 17.3 Å². The van der Waals surface area contributed by atoms with Crippen LogP contribution >= 0.6 is 11.6 Å². The minimum atomic E-state index is -0.927. The highest BCUT2D eigenvalue weighted by Crippen LogP contribution is 2.26. The summed E-state index contributed by atoms with van der Waals surface area (Å²) < 4.78 is 14.5. The maximum absolute atomic E-state index is 13.0. The second-order valence-electron chi connectivity index (χ2n) is 6.05. The SMILES string of the molecule is O=C(O)CCn1cc(/C=C/C(=O)c2ccc(F)cc2)c(-c2cccc(Cl)c2)n1.